The molecular weight excluding hydrogens is 480 g/mol. The first-order valence-electron chi connectivity index (χ1n) is 11.9. The number of likely N-dealkylation sites (tertiary alicyclic amines) is 1. The predicted molar refractivity (Wildman–Crippen MR) is 129 cm³/mol. The first-order valence-corrected chi connectivity index (χ1v) is 15.0. The molecule has 3 saturated heterocycles. The van der Waals surface area contributed by atoms with E-state index in [4.69, 9.17) is 14.6 Å². The largest absolute Gasteiger partial charge is 0.381 e. The molecule has 4 N–H and O–H groups in total. The molecule has 4 rings (SSSR count). The van der Waals surface area contributed by atoms with Crippen molar-refractivity contribution in [1.82, 2.24) is 9.62 Å². The SMILES string of the molecule is CC1CCN(CCNS(=O)(=O)c2ccc(NC3COC4(CCOCC4)C3)c(S(N)(=O)=O)c2)CC1. The van der Waals surface area contributed by atoms with E-state index in [1.54, 1.807) is 0 Å². The smallest absolute Gasteiger partial charge is 0.240 e. The van der Waals surface area contributed by atoms with E-state index in [0.717, 1.165) is 51.3 Å². The second kappa shape index (κ2) is 10.4. The van der Waals surface area contributed by atoms with Crippen molar-refractivity contribution in [3.8, 4) is 0 Å². The van der Waals surface area contributed by atoms with Crippen molar-refractivity contribution >= 4 is 25.7 Å². The second-order valence-electron chi connectivity index (χ2n) is 9.78. The molecule has 3 heterocycles. The normalized spacial score (nSPS) is 24.5. The standard InChI is InChI=1S/C22H36N4O6S2/c1-17-4-9-26(10-5-17)11-8-24-34(29,30)19-2-3-20(21(14-19)33(23,27)28)25-18-15-22(32-16-18)6-12-31-13-7-22/h2-3,14,17-18,24-25H,4-13,15-16H2,1H3,(H2,23,27,28). The van der Waals surface area contributed by atoms with Crippen LogP contribution in [0.5, 0.6) is 0 Å². The molecule has 1 atom stereocenters. The molecule has 10 nitrogen and oxygen atoms in total. The topological polar surface area (TPSA) is 140 Å². The maximum absolute atomic E-state index is 12.8. The number of nitrogens with two attached hydrogens (primary N) is 1. The number of hydrogen-bond donors (Lipinski definition) is 3. The Morgan fingerprint density at radius 3 is 2.53 bits per heavy atom. The molecule has 3 aliphatic heterocycles. The van der Waals surface area contributed by atoms with Gasteiger partial charge in [0.05, 0.1) is 28.8 Å². The van der Waals surface area contributed by atoms with E-state index in [1.165, 1.54) is 12.1 Å². The van der Waals surface area contributed by atoms with Crippen molar-refractivity contribution in [2.24, 2.45) is 11.1 Å². The molecule has 0 aromatic heterocycles. The summed E-state index contributed by atoms with van der Waals surface area (Å²) in [4.78, 5) is 1.87. The van der Waals surface area contributed by atoms with Crippen molar-refractivity contribution in [3.05, 3.63) is 18.2 Å². The third-order valence-corrected chi connectivity index (χ3v) is 9.55. The monoisotopic (exact) mass is 516 g/mol. The minimum atomic E-state index is -4.16. The summed E-state index contributed by atoms with van der Waals surface area (Å²) in [5.74, 6) is 0.703. The molecule has 1 aromatic rings. The highest BCUT2D eigenvalue weighted by molar-refractivity contribution is 7.90. The molecule has 0 saturated carbocycles. The number of primary sulfonamides is 1. The number of rotatable bonds is 8. The second-order valence-corrected chi connectivity index (χ2v) is 13.1. The molecule has 3 aliphatic rings. The van der Waals surface area contributed by atoms with Crippen LogP contribution in [0.2, 0.25) is 0 Å². The fourth-order valence-electron chi connectivity index (χ4n) is 4.98. The number of ether oxygens (including phenoxy) is 2. The third kappa shape index (κ3) is 6.28. The summed E-state index contributed by atoms with van der Waals surface area (Å²) in [5.41, 5.74) is 0.0265. The number of nitrogens with one attached hydrogen (secondary N) is 2. The van der Waals surface area contributed by atoms with Crippen LogP contribution in [0.4, 0.5) is 5.69 Å². The third-order valence-electron chi connectivity index (χ3n) is 7.14. The number of nitrogens with zero attached hydrogens (tertiary/aromatic N) is 1. The van der Waals surface area contributed by atoms with Gasteiger partial charge < -0.3 is 19.7 Å². The fourth-order valence-corrected chi connectivity index (χ4v) is 6.83. The van der Waals surface area contributed by atoms with Gasteiger partial charge in [-0.05, 0) is 69.3 Å². The van der Waals surface area contributed by atoms with Crippen LogP contribution in [0.3, 0.4) is 0 Å². The lowest BCUT2D eigenvalue weighted by Crippen LogP contribution is -2.39. The van der Waals surface area contributed by atoms with Crippen molar-refractivity contribution in [2.75, 3.05) is 51.3 Å². The lowest BCUT2D eigenvalue weighted by molar-refractivity contribution is -0.0776. The van der Waals surface area contributed by atoms with E-state index >= 15 is 0 Å². The summed E-state index contributed by atoms with van der Waals surface area (Å²) in [6.45, 7) is 6.73. The molecule has 34 heavy (non-hydrogen) atoms. The molecule has 1 unspecified atom stereocenters. The van der Waals surface area contributed by atoms with Gasteiger partial charge in [-0.2, -0.15) is 0 Å². The minimum Gasteiger partial charge on any atom is -0.381 e. The highest BCUT2D eigenvalue weighted by Gasteiger charge is 2.42. The van der Waals surface area contributed by atoms with Gasteiger partial charge in [0, 0.05) is 26.3 Å². The van der Waals surface area contributed by atoms with Gasteiger partial charge in [0.2, 0.25) is 20.0 Å². The number of piperidine rings is 1. The van der Waals surface area contributed by atoms with E-state index in [-0.39, 0.29) is 33.7 Å². The molecule has 0 radical (unpaired) electrons. The van der Waals surface area contributed by atoms with E-state index < -0.39 is 20.0 Å². The van der Waals surface area contributed by atoms with Crippen molar-refractivity contribution in [1.29, 1.82) is 0 Å². The lowest BCUT2D eigenvalue weighted by Gasteiger charge is -2.32. The number of benzene rings is 1. The molecule has 0 bridgehead atoms. The maximum Gasteiger partial charge on any atom is 0.240 e. The van der Waals surface area contributed by atoms with Gasteiger partial charge in [0.1, 0.15) is 4.90 Å². The zero-order valence-corrected chi connectivity index (χ0v) is 21.3. The lowest BCUT2D eigenvalue weighted by atomic mass is 9.90. The van der Waals surface area contributed by atoms with Crippen LogP contribution >= 0.6 is 0 Å². The fraction of sp³-hybridized carbons (Fsp3) is 0.727. The van der Waals surface area contributed by atoms with E-state index in [2.05, 4.69) is 21.9 Å². The average Bonchev–Trinajstić information content (AvgIpc) is 3.16. The Hall–Kier alpha value is -1.28. The van der Waals surface area contributed by atoms with Gasteiger partial charge in [-0.15, -0.1) is 0 Å². The Morgan fingerprint density at radius 2 is 1.85 bits per heavy atom. The van der Waals surface area contributed by atoms with E-state index in [1.807, 2.05) is 0 Å². The van der Waals surface area contributed by atoms with E-state index in [0.29, 0.717) is 32.3 Å². The first kappa shape index (κ1) is 25.8. The summed E-state index contributed by atoms with van der Waals surface area (Å²) in [6, 6.07) is 3.89. The summed E-state index contributed by atoms with van der Waals surface area (Å²) in [7, 11) is -8.04. The highest BCUT2D eigenvalue weighted by Crippen LogP contribution is 2.37. The zero-order chi connectivity index (χ0) is 24.4. The van der Waals surface area contributed by atoms with Gasteiger partial charge in [0.15, 0.2) is 0 Å². The average molecular weight is 517 g/mol. The Morgan fingerprint density at radius 1 is 1.15 bits per heavy atom. The van der Waals surface area contributed by atoms with Crippen molar-refractivity contribution < 1.29 is 26.3 Å². The number of hydrogen-bond acceptors (Lipinski definition) is 8. The van der Waals surface area contributed by atoms with Gasteiger partial charge in [-0.1, -0.05) is 6.92 Å². The highest BCUT2D eigenvalue weighted by atomic mass is 32.2. The minimum absolute atomic E-state index is 0.105. The van der Waals surface area contributed by atoms with Crippen molar-refractivity contribution in [3.63, 3.8) is 0 Å². The van der Waals surface area contributed by atoms with Crippen LogP contribution in [0.1, 0.15) is 39.0 Å². The van der Waals surface area contributed by atoms with Gasteiger partial charge in [0.25, 0.3) is 0 Å². The Bertz CT molecular complexity index is 1060. The van der Waals surface area contributed by atoms with Gasteiger partial charge in [-0.25, -0.2) is 26.7 Å². The summed E-state index contributed by atoms with van der Waals surface area (Å²) in [6.07, 6.45) is 4.54. The van der Waals surface area contributed by atoms with E-state index in [9.17, 15) is 16.8 Å². The Labute approximate surface area is 202 Å². The number of anilines is 1. The zero-order valence-electron chi connectivity index (χ0n) is 19.7. The number of sulfonamides is 2. The molecule has 1 aromatic carbocycles. The summed E-state index contributed by atoms with van der Waals surface area (Å²) in [5, 5.41) is 8.66. The molecule has 1 spiro atoms. The van der Waals surface area contributed by atoms with Crippen LogP contribution in [0, 0.1) is 5.92 Å². The molecule has 0 aliphatic carbocycles. The quantitative estimate of drug-likeness (QED) is 0.467. The maximum atomic E-state index is 12.8. The van der Waals surface area contributed by atoms with Crippen molar-refractivity contribution in [2.45, 2.75) is 60.5 Å². The molecule has 192 valence electrons. The van der Waals surface area contributed by atoms with Crippen LogP contribution in [-0.4, -0.2) is 79.4 Å². The molecule has 12 heteroatoms. The molecule has 3 fully saturated rings. The Kier molecular flexibility index (Phi) is 7.87. The van der Waals surface area contributed by atoms with Crippen LogP contribution < -0.4 is 15.2 Å². The molecular formula is C22H36N4O6S2. The van der Waals surface area contributed by atoms with Crippen LogP contribution in [-0.2, 0) is 29.5 Å². The summed E-state index contributed by atoms with van der Waals surface area (Å²) >= 11 is 0. The van der Waals surface area contributed by atoms with Crippen LogP contribution in [0.25, 0.3) is 0 Å². The summed E-state index contributed by atoms with van der Waals surface area (Å²) < 4.78 is 64.4. The van der Waals surface area contributed by atoms with Gasteiger partial charge >= 0.3 is 0 Å². The van der Waals surface area contributed by atoms with Crippen LogP contribution in [0.15, 0.2) is 28.0 Å². The predicted octanol–water partition coefficient (Wildman–Crippen LogP) is 1.09. The first-order chi connectivity index (χ1) is 16.1. The van der Waals surface area contributed by atoms with Gasteiger partial charge in [-0.3, -0.25) is 0 Å². The Balaban J connectivity index is 1.43. The molecule has 0 amide bonds.